The highest BCUT2D eigenvalue weighted by Crippen LogP contribution is 2.27. The van der Waals surface area contributed by atoms with E-state index in [4.69, 9.17) is 5.11 Å². The number of carbonyl (C=O) groups excluding carboxylic acids is 1. The molecule has 2 rings (SSSR count). The zero-order chi connectivity index (χ0) is 14.5. The average Bonchev–Trinajstić information content (AvgIpc) is 2.88. The van der Waals surface area contributed by atoms with Gasteiger partial charge in [0.05, 0.1) is 5.92 Å². The largest absolute Gasteiger partial charge is 0.481 e. The fourth-order valence-corrected chi connectivity index (χ4v) is 2.33. The monoisotopic (exact) mass is 278 g/mol. The summed E-state index contributed by atoms with van der Waals surface area (Å²) in [4.78, 5) is 22.4. The van der Waals surface area contributed by atoms with Crippen LogP contribution in [0.25, 0.3) is 0 Å². The number of hydrogen-bond donors (Lipinski definition) is 3. The van der Waals surface area contributed by atoms with Gasteiger partial charge >= 0.3 is 5.97 Å². The van der Waals surface area contributed by atoms with Crippen molar-refractivity contribution in [3.05, 3.63) is 17.8 Å². The fraction of sp³-hybridized carbons (Fsp3) is 0.538. The van der Waals surface area contributed by atoms with Crippen LogP contribution in [-0.2, 0) is 4.79 Å². The Kier molecular flexibility index (Phi) is 4.49. The number of amides is 1. The minimum Gasteiger partial charge on any atom is -0.481 e. The summed E-state index contributed by atoms with van der Waals surface area (Å²) < 4.78 is 0. The van der Waals surface area contributed by atoms with Gasteiger partial charge in [-0.05, 0) is 38.3 Å². The third kappa shape index (κ3) is 3.43. The molecule has 2 unspecified atom stereocenters. The molecule has 1 fully saturated rings. The normalized spacial score (nSPS) is 21.4. The zero-order valence-electron chi connectivity index (χ0n) is 11.3. The van der Waals surface area contributed by atoms with E-state index >= 15 is 0 Å². The van der Waals surface area contributed by atoms with Crippen LogP contribution in [0, 0.1) is 5.92 Å². The standard InChI is InChI=1S/C13H18N4O3/c1-2-14-12(18)10-5-6-11(17-16-10)15-9-4-3-8(7-9)13(19)20/h5-6,8-9H,2-4,7H2,1H3,(H,14,18)(H,15,17)(H,19,20). The molecule has 0 aromatic carbocycles. The summed E-state index contributed by atoms with van der Waals surface area (Å²) in [5.41, 5.74) is 0.271. The van der Waals surface area contributed by atoms with Gasteiger partial charge in [-0.15, -0.1) is 10.2 Å². The van der Waals surface area contributed by atoms with Gasteiger partial charge in [0.2, 0.25) is 0 Å². The van der Waals surface area contributed by atoms with Gasteiger partial charge in [0, 0.05) is 12.6 Å². The van der Waals surface area contributed by atoms with Crippen LogP contribution < -0.4 is 10.6 Å². The van der Waals surface area contributed by atoms with Gasteiger partial charge in [0.15, 0.2) is 5.69 Å². The van der Waals surface area contributed by atoms with Gasteiger partial charge in [0.25, 0.3) is 5.91 Å². The molecule has 1 aromatic heterocycles. The molecule has 1 heterocycles. The van der Waals surface area contributed by atoms with E-state index < -0.39 is 5.97 Å². The van der Waals surface area contributed by atoms with Crippen molar-refractivity contribution in [2.75, 3.05) is 11.9 Å². The predicted octanol–water partition coefficient (Wildman–Crippen LogP) is 0.891. The molecule has 108 valence electrons. The van der Waals surface area contributed by atoms with Crippen molar-refractivity contribution >= 4 is 17.7 Å². The predicted molar refractivity (Wildman–Crippen MR) is 72.4 cm³/mol. The first-order valence-corrected chi connectivity index (χ1v) is 6.71. The molecule has 0 radical (unpaired) electrons. The summed E-state index contributed by atoms with van der Waals surface area (Å²) in [6.45, 7) is 2.37. The lowest BCUT2D eigenvalue weighted by atomic mass is 10.1. The van der Waals surface area contributed by atoms with Crippen LogP contribution in [0.1, 0.15) is 36.7 Å². The molecular weight excluding hydrogens is 260 g/mol. The smallest absolute Gasteiger partial charge is 0.306 e. The molecular formula is C13H18N4O3. The maximum absolute atomic E-state index is 11.5. The molecule has 2 atom stereocenters. The molecule has 1 aromatic rings. The highest BCUT2D eigenvalue weighted by atomic mass is 16.4. The zero-order valence-corrected chi connectivity index (χ0v) is 11.3. The van der Waals surface area contributed by atoms with Crippen LogP contribution >= 0.6 is 0 Å². The molecule has 1 aliphatic rings. The first-order chi connectivity index (χ1) is 9.60. The third-order valence-electron chi connectivity index (χ3n) is 3.37. The SMILES string of the molecule is CCNC(=O)c1ccc(NC2CCC(C(=O)O)C2)nn1. The molecule has 7 nitrogen and oxygen atoms in total. The number of rotatable bonds is 5. The van der Waals surface area contributed by atoms with Gasteiger partial charge in [-0.25, -0.2) is 0 Å². The quantitative estimate of drug-likeness (QED) is 0.739. The second-order valence-electron chi connectivity index (χ2n) is 4.85. The van der Waals surface area contributed by atoms with E-state index in [0.29, 0.717) is 25.2 Å². The van der Waals surface area contributed by atoms with Crippen molar-refractivity contribution < 1.29 is 14.7 Å². The number of aliphatic carboxylic acids is 1. The van der Waals surface area contributed by atoms with E-state index in [9.17, 15) is 9.59 Å². The highest BCUT2D eigenvalue weighted by Gasteiger charge is 2.29. The van der Waals surface area contributed by atoms with Gasteiger partial charge in [-0.3, -0.25) is 9.59 Å². The Hall–Kier alpha value is -2.18. The van der Waals surface area contributed by atoms with Crippen LogP contribution in [0.3, 0.4) is 0 Å². The Bertz CT molecular complexity index is 489. The molecule has 1 saturated carbocycles. The van der Waals surface area contributed by atoms with Crippen molar-refractivity contribution in [2.24, 2.45) is 5.92 Å². The summed E-state index contributed by atoms with van der Waals surface area (Å²) in [6, 6.07) is 3.39. The first-order valence-electron chi connectivity index (χ1n) is 6.71. The molecule has 0 spiro atoms. The number of carboxylic acids is 1. The molecule has 3 N–H and O–H groups in total. The van der Waals surface area contributed by atoms with Crippen molar-refractivity contribution in [1.29, 1.82) is 0 Å². The molecule has 7 heteroatoms. The number of nitrogens with one attached hydrogen (secondary N) is 2. The van der Waals surface area contributed by atoms with Gasteiger partial charge < -0.3 is 15.7 Å². The highest BCUT2D eigenvalue weighted by molar-refractivity contribution is 5.92. The minimum atomic E-state index is -0.744. The lowest BCUT2D eigenvalue weighted by Gasteiger charge is -2.12. The number of anilines is 1. The summed E-state index contributed by atoms with van der Waals surface area (Å²) in [7, 11) is 0. The molecule has 0 bridgehead atoms. The number of nitrogens with zero attached hydrogens (tertiary/aromatic N) is 2. The van der Waals surface area contributed by atoms with Crippen LogP contribution in [-0.4, -0.2) is 39.8 Å². The number of aromatic nitrogens is 2. The van der Waals surface area contributed by atoms with Crippen LogP contribution in [0.4, 0.5) is 5.82 Å². The Morgan fingerprint density at radius 1 is 1.35 bits per heavy atom. The number of hydrogen-bond acceptors (Lipinski definition) is 5. The lowest BCUT2D eigenvalue weighted by molar-refractivity contribution is -0.141. The molecule has 1 amide bonds. The average molecular weight is 278 g/mol. The topological polar surface area (TPSA) is 104 Å². The van der Waals surface area contributed by atoms with Crippen LogP contribution in [0.15, 0.2) is 12.1 Å². The van der Waals surface area contributed by atoms with Crippen LogP contribution in [0.2, 0.25) is 0 Å². The van der Waals surface area contributed by atoms with Crippen LogP contribution in [0.5, 0.6) is 0 Å². The molecule has 20 heavy (non-hydrogen) atoms. The fourth-order valence-electron chi connectivity index (χ4n) is 2.33. The summed E-state index contributed by atoms with van der Waals surface area (Å²) in [5, 5.41) is 22.5. The van der Waals surface area contributed by atoms with Crippen molar-refractivity contribution in [3.63, 3.8) is 0 Å². The Labute approximate surface area is 116 Å². The van der Waals surface area contributed by atoms with Gasteiger partial charge in [-0.1, -0.05) is 0 Å². The summed E-state index contributed by atoms with van der Waals surface area (Å²) in [6.07, 6.45) is 2.07. The van der Waals surface area contributed by atoms with Gasteiger partial charge in [0.1, 0.15) is 5.82 Å². The van der Waals surface area contributed by atoms with E-state index in [2.05, 4.69) is 20.8 Å². The van der Waals surface area contributed by atoms with Gasteiger partial charge in [-0.2, -0.15) is 0 Å². The van der Waals surface area contributed by atoms with E-state index in [0.717, 1.165) is 6.42 Å². The van der Waals surface area contributed by atoms with Crippen molar-refractivity contribution in [2.45, 2.75) is 32.2 Å². The van der Waals surface area contributed by atoms with E-state index in [1.807, 2.05) is 6.92 Å². The third-order valence-corrected chi connectivity index (χ3v) is 3.37. The second kappa shape index (κ2) is 6.31. The van der Waals surface area contributed by atoms with E-state index in [-0.39, 0.29) is 23.6 Å². The summed E-state index contributed by atoms with van der Waals surface area (Å²) in [5.74, 6) is -0.713. The Balaban J connectivity index is 1.91. The number of carboxylic acid groups (broad SMARTS) is 1. The Morgan fingerprint density at radius 3 is 2.70 bits per heavy atom. The first kappa shape index (κ1) is 14.2. The Morgan fingerprint density at radius 2 is 2.15 bits per heavy atom. The maximum Gasteiger partial charge on any atom is 0.306 e. The number of carbonyl (C=O) groups is 2. The molecule has 0 aliphatic heterocycles. The lowest BCUT2D eigenvalue weighted by Crippen LogP contribution is -2.24. The second-order valence-corrected chi connectivity index (χ2v) is 4.85. The molecule has 0 saturated heterocycles. The van der Waals surface area contributed by atoms with E-state index in [1.54, 1.807) is 12.1 Å². The molecule has 1 aliphatic carbocycles. The van der Waals surface area contributed by atoms with E-state index in [1.165, 1.54) is 0 Å². The maximum atomic E-state index is 11.5. The van der Waals surface area contributed by atoms with Crippen molar-refractivity contribution in [3.8, 4) is 0 Å². The minimum absolute atomic E-state index is 0.0979. The summed E-state index contributed by atoms with van der Waals surface area (Å²) >= 11 is 0. The van der Waals surface area contributed by atoms with Crippen molar-refractivity contribution in [1.82, 2.24) is 15.5 Å².